The van der Waals surface area contributed by atoms with Crippen molar-refractivity contribution in [2.75, 3.05) is 0 Å². The lowest BCUT2D eigenvalue weighted by molar-refractivity contribution is 0.392. The maximum absolute atomic E-state index is 11.5. The molecule has 2 N–H and O–H groups in total. The fourth-order valence-electron chi connectivity index (χ4n) is 6.21. The fourth-order valence-corrected chi connectivity index (χ4v) is 9.28. The quantitative estimate of drug-likeness (QED) is 0.301. The molecular weight excluding hydrogens is 577 g/mol. The Morgan fingerprint density at radius 1 is 0.523 bits per heavy atom. The van der Waals surface area contributed by atoms with Gasteiger partial charge in [-0.1, -0.05) is 133 Å². The second-order valence-electron chi connectivity index (χ2n) is 18.0. The van der Waals surface area contributed by atoms with Gasteiger partial charge in [0.1, 0.15) is 11.5 Å². The largest absolute Gasteiger partial charge is 0.507 e. The average molecular weight is 641 g/mol. The summed E-state index contributed by atoms with van der Waals surface area (Å²) >= 11 is 4.11. The Labute approximate surface area is 280 Å². The molecule has 1 saturated carbocycles. The van der Waals surface area contributed by atoms with Crippen molar-refractivity contribution in [2.24, 2.45) is 10.8 Å². The Balaban J connectivity index is 1.88. The predicted octanol–water partition coefficient (Wildman–Crippen LogP) is 12.1. The summed E-state index contributed by atoms with van der Waals surface area (Å²) in [4.78, 5) is 0. The number of hydrogen-bond donors (Lipinski definition) is 2. The van der Waals surface area contributed by atoms with Gasteiger partial charge in [0.25, 0.3) is 0 Å². The molecule has 0 saturated heterocycles. The average Bonchev–Trinajstić information content (AvgIpc) is 2.84. The number of thioether (sulfide) groups is 2. The molecule has 1 aliphatic rings. The Hall–Kier alpha value is -1.26. The number of hydrogen-bond acceptors (Lipinski definition) is 4. The smallest absolute Gasteiger partial charge is 0.122 e. The molecule has 2 atom stereocenters. The lowest BCUT2D eigenvalue weighted by Crippen LogP contribution is -2.23. The predicted molar refractivity (Wildman–Crippen MR) is 198 cm³/mol. The molecular formula is C40H64O2S2. The molecule has 2 aromatic carbocycles. The van der Waals surface area contributed by atoms with Crippen LogP contribution in [0.4, 0.5) is 0 Å². The fraction of sp³-hybridized carbons (Fsp3) is 0.700. The first-order valence-electron chi connectivity index (χ1n) is 17.1. The standard InChI is InChI=1S/C40H64O2S2/c1-37(2,3)23-27-19-31(39(7,8)9)21-29(35(27)41)25-43-33-17-15-13-14-16-18-34(33)44-26-30-22-32(40(10,11)12)20-28(36(30)42)24-38(4,5)6/h19-22,33-34,41-42H,13-18,23-26H2,1-12H3/t33-,34-/m0/s1. The van der Waals surface area contributed by atoms with Gasteiger partial charge in [0.05, 0.1) is 0 Å². The van der Waals surface area contributed by atoms with Crippen LogP contribution in [0.1, 0.15) is 155 Å². The summed E-state index contributed by atoms with van der Waals surface area (Å²) < 4.78 is 0. The molecule has 0 spiro atoms. The zero-order valence-electron chi connectivity index (χ0n) is 30.2. The van der Waals surface area contributed by atoms with Crippen LogP contribution in [0, 0.1) is 10.8 Å². The van der Waals surface area contributed by atoms with Crippen molar-refractivity contribution in [3.05, 3.63) is 57.6 Å². The molecule has 0 aromatic heterocycles. The van der Waals surface area contributed by atoms with Crippen LogP contribution in [-0.2, 0) is 35.2 Å². The van der Waals surface area contributed by atoms with Crippen molar-refractivity contribution in [1.29, 1.82) is 0 Å². The summed E-state index contributed by atoms with van der Waals surface area (Å²) in [5, 5.41) is 24.0. The van der Waals surface area contributed by atoms with Crippen LogP contribution in [0.3, 0.4) is 0 Å². The maximum Gasteiger partial charge on any atom is 0.122 e. The van der Waals surface area contributed by atoms with Gasteiger partial charge in [0, 0.05) is 33.1 Å². The molecule has 44 heavy (non-hydrogen) atoms. The third-order valence-electron chi connectivity index (χ3n) is 8.76. The van der Waals surface area contributed by atoms with E-state index in [1.165, 1.54) is 49.7 Å². The molecule has 1 aliphatic carbocycles. The highest BCUT2D eigenvalue weighted by Gasteiger charge is 2.28. The number of phenols is 2. The first kappa shape index (κ1) is 37.2. The first-order valence-corrected chi connectivity index (χ1v) is 19.2. The van der Waals surface area contributed by atoms with Crippen LogP contribution < -0.4 is 0 Å². The molecule has 4 heteroatoms. The number of benzene rings is 2. The SMILES string of the molecule is CC(C)(C)Cc1cc(C(C)(C)C)cc(CS[C@H]2CCCCCC[C@@H]2SCc2cc(C(C)(C)C)cc(CC(C)(C)C)c2O)c1O. The first-order chi connectivity index (χ1) is 20.1. The number of rotatable bonds is 8. The van der Waals surface area contributed by atoms with Gasteiger partial charge in [-0.2, -0.15) is 23.5 Å². The van der Waals surface area contributed by atoms with Crippen molar-refractivity contribution >= 4 is 23.5 Å². The van der Waals surface area contributed by atoms with Gasteiger partial charge < -0.3 is 10.2 Å². The minimum Gasteiger partial charge on any atom is -0.507 e. The van der Waals surface area contributed by atoms with Gasteiger partial charge in [-0.15, -0.1) is 0 Å². The summed E-state index contributed by atoms with van der Waals surface area (Å²) in [5.41, 5.74) is 7.29. The van der Waals surface area contributed by atoms with Crippen LogP contribution in [0.15, 0.2) is 24.3 Å². The van der Waals surface area contributed by atoms with E-state index in [0.717, 1.165) is 46.6 Å². The van der Waals surface area contributed by atoms with Crippen LogP contribution in [0.2, 0.25) is 0 Å². The number of phenolic OH excluding ortho intramolecular Hbond substituents is 2. The van der Waals surface area contributed by atoms with Gasteiger partial charge >= 0.3 is 0 Å². The molecule has 1 fully saturated rings. The molecule has 248 valence electrons. The summed E-state index contributed by atoms with van der Waals surface area (Å²) in [7, 11) is 0. The highest BCUT2D eigenvalue weighted by Crippen LogP contribution is 2.43. The van der Waals surface area contributed by atoms with E-state index in [1.54, 1.807) is 0 Å². The Morgan fingerprint density at radius 2 is 0.841 bits per heavy atom. The molecule has 0 radical (unpaired) electrons. The van der Waals surface area contributed by atoms with Crippen LogP contribution in [-0.4, -0.2) is 20.7 Å². The zero-order chi connectivity index (χ0) is 33.1. The van der Waals surface area contributed by atoms with Crippen molar-refractivity contribution in [2.45, 2.75) is 167 Å². The third kappa shape index (κ3) is 11.2. The summed E-state index contributed by atoms with van der Waals surface area (Å²) in [6.45, 7) is 27.2. The van der Waals surface area contributed by atoms with E-state index in [-0.39, 0.29) is 21.7 Å². The van der Waals surface area contributed by atoms with Gasteiger partial charge in [0.15, 0.2) is 0 Å². The third-order valence-corrected chi connectivity index (χ3v) is 11.9. The van der Waals surface area contributed by atoms with Crippen molar-refractivity contribution in [3.63, 3.8) is 0 Å². The van der Waals surface area contributed by atoms with Crippen LogP contribution in [0.25, 0.3) is 0 Å². The molecule has 0 aliphatic heterocycles. The van der Waals surface area contributed by atoms with Crippen molar-refractivity contribution in [3.8, 4) is 11.5 Å². The van der Waals surface area contributed by atoms with Gasteiger partial charge in [-0.3, -0.25) is 0 Å². The topological polar surface area (TPSA) is 40.5 Å². The van der Waals surface area contributed by atoms with E-state index in [9.17, 15) is 10.2 Å². The highest BCUT2D eigenvalue weighted by molar-refractivity contribution is 8.03. The molecule has 0 unspecified atom stereocenters. The highest BCUT2D eigenvalue weighted by atomic mass is 32.2. The monoisotopic (exact) mass is 640 g/mol. The lowest BCUT2D eigenvalue weighted by Gasteiger charge is -2.30. The Kier molecular flexibility index (Phi) is 12.4. The minimum absolute atomic E-state index is 0.0355. The molecule has 0 heterocycles. The van der Waals surface area contributed by atoms with Crippen LogP contribution in [0.5, 0.6) is 11.5 Å². The minimum atomic E-state index is 0.0355. The molecule has 0 bridgehead atoms. The van der Waals surface area contributed by atoms with Crippen molar-refractivity contribution in [1.82, 2.24) is 0 Å². The van der Waals surface area contributed by atoms with E-state index in [2.05, 4.69) is 131 Å². The van der Waals surface area contributed by atoms with E-state index in [1.807, 2.05) is 0 Å². The molecule has 0 amide bonds. The van der Waals surface area contributed by atoms with E-state index >= 15 is 0 Å². The summed E-state index contributed by atoms with van der Waals surface area (Å²) in [6.07, 6.45) is 9.38. The van der Waals surface area contributed by atoms with Gasteiger partial charge in [-0.25, -0.2) is 0 Å². The molecule has 3 rings (SSSR count). The maximum atomic E-state index is 11.5. The lowest BCUT2D eigenvalue weighted by atomic mass is 9.81. The van der Waals surface area contributed by atoms with Gasteiger partial charge in [-0.05, 0) is 69.6 Å². The second kappa shape index (κ2) is 14.7. The zero-order valence-corrected chi connectivity index (χ0v) is 31.9. The summed E-state index contributed by atoms with van der Waals surface area (Å²) in [6, 6.07) is 9.03. The van der Waals surface area contributed by atoms with E-state index in [4.69, 9.17) is 0 Å². The Morgan fingerprint density at radius 3 is 1.14 bits per heavy atom. The van der Waals surface area contributed by atoms with Crippen molar-refractivity contribution < 1.29 is 10.2 Å². The number of aromatic hydroxyl groups is 2. The van der Waals surface area contributed by atoms with Gasteiger partial charge in [0.2, 0.25) is 0 Å². The van der Waals surface area contributed by atoms with E-state index < -0.39 is 0 Å². The summed E-state index contributed by atoms with van der Waals surface area (Å²) in [5.74, 6) is 2.70. The van der Waals surface area contributed by atoms with Crippen LogP contribution >= 0.6 is 23.5 Å². The Bertz CT molecular complexity index is 1140. The second-order valence-corrected chi connectivity index (χ2v) is 20.4. The molecule has 2 nitrogen and oxygen atoms in total. The molecule has 2 aromatic rings. The van der Waals surface area contributed by atoms with E-state index in [0.29, 0.717) is 22.0 Å². The normalized spacial score (nSPS) is 19.1.